The first kappa shape index (κ1) is 20.5. The van der Waals surface area contributed by atoms with Gasteiger partial charge in [-0.3, -0.25) is 9.59 Å². The minimum atomic E-state index is -0.525. The molecule has 1 aromatic heterocycles. The van der Waals surface area contributed by atoms with Crippen LogP contribution in [0.25, 0.3) is 0 Å². The molecule has 0 bridgehead atoms. The van der Waals surface area contributed by atoms with Gasteiger partial charge in [0.2, 0.25) is 11.8 Å². The highest BCUT2D eigenvalue weighted by molar-refractivity contribution is 5.88. The summed E-state index contributed by atoms with van der Waals surface area (Å²) < 4.78 is 5.85. The van der Waals surface area contributed by atoms with Crippen molar-refractivity contribution in [3.8, 4) is 0 Å². The number of furan rings is 1. The van der Waals surface area contributed by atoms with E-state index in [1.807, 2.05) is 40.7 Å². The van der Waals surface area contributed by atoms with Crippen LogP contribution in [-0.2, 0) is 16.0 Å². The highest BCUT2D eigenvalue weighted by atomic mass is 16.3. The van der Waals surface area contributed by atoms with E-state index in [-0.39, 0.29) is 35.1 Å². The van der Waals surface area contributed by atoms with Crippen LogP contribution in [0.1, 0.15) is 77.5 Å². The Kier molecular flexibility index (Phi) is 6.20. The predicted molar refractivity (Wildman–Crippen MR) is 103 cm³/mol. The number of nitrogens with one attached hydrogen (secondary N) is 2. The third-order valence-corrected chi connectivity index (χ3v) is 4.91. The van der Waals surface area contributed by atoms with E-state index in [1.54, 1.807) is 0 Å². The van der Waals surface area contributed by atoms with Crippen LogP contribution in [0.2, 0.25) is 0 Å². The lowest BCUT2D eigenvalue weighted by Gasteiger charge is -2.35. The van der Waals surface area contributed by atoms with Crippen LogP contribution in [0.5, 0.6) is 0 Å². The van der Waals surface area contributed by atoms with E-state index in [0.29, 0.717) is 6.42 Å². The molecule has 2 atom stereocenters. The van der Waals surface area contributed by atoms with E-state index in [1.165, 1.54) is 0 Å². The summed E-state index contributed by atoms with van der Waals surface area (Å²) in [5.41, 5.74) is 1.13. The first-order valence-corrected chi connectivity index (χ1v) is 9.67. The topological polar surface area (TPSA) is 71.3 Å². The van der Waals surface area contributed by atoms with Crippen molar-refractivity contribution >= 4 is 11.8 Å². The Morgan fingerprint density at radius 2 is 1.92 bits per heavy atom. The zero-order valence-corrected chi connectivity index (χ0v) is 17.2. The van der Waals surface area contributed by atoms with E-state index < -0.39 is 6.04 Å². The third kappa shape index (κ3) is 5.12. The van der Waals surface area contributed by atoms with Crippen LogP contribution in [0.3, 0.4) is 0 Å². The number of rotatable bonds is 6. The maximum absolute atomic E-state index is 12.9. The Balaban J connectivity index is 2.14. The number of carbonyl (C=O) groups excluding carboxylic acids is 2. The predicted octanol–water partition coefficient (Wildman–Crippen LogP) is 3.90. The molecule has 0 aromatic carbocycles. The molecule has 1 heterocycles. The van der Waals surface area contributed by atoms with E-state index >= 15 is 0 Å². The molecule has 0 aliphatic heterocycles. The van der Waals surface area contributed by atoms with Crippen LogP contribution >= 0.6 is 0 Å². The lowest BCUT2D eigenvalue weighted by molar-refractivity contribution is -0.131. The molecule has 5 heteroatoms. The molecule has 2 unspecified atom stereocenters. The van der Waals surface area contributed by atoms with Crippen LogP contribution in [0.4, 0.5) is 0 Å². The molecule has 2 N–H and O–H groups in total. The molecule has 146 valence electrons. The van der Waals surface area contributed by atoms with Crippen molar-refractivity contribution in [1.29, 1.82) is 0 Å². The smallest absolute Gasteiger partial charge is 0.243 e. The maximum atomic E-state index is 12.9. The van der Waals surface area contributed by atoms with Crippen LogP contribution in [0.15, 0.2) is 10.5 Å². The largest absolute Gasteiger partial charge is 0.466 e. The van der Waals surface area contributed by atoms with Gasteiger partial charge in [0.25, 0.3) is 0 Å². The Labute approximate surface area is 157 Å². The summed E-state index contributed by atoms with van der Waals surface area (Å²) in [6, 6.07) is 1.42. The second kappa shape index (κ2) is 7.85. The van der Waals surface area contributed by atoms with Gasteiger partial charge in [0.1, 0.15) is 17.6 Å². The van der Waals surface area contributed by atoms with E-state index in [4.69, 9.17) is 4.42 Å². The van der Waals surface area contributed by atoms with Crippen molar-refractivity contribution in [1.82, 2.24) is 10.6 Å². The number of hydrogen-bond donors (Lipinski definition) is 2. The fourth-order valence-electron chi connectivity index (χ4n) is 3.71. The van der Waals surface area contributed by atoms with E-state index in [9.17, 15) is 9.59 Å². The second-order valence-corrected chi connectivity index (χ2v) is 9.23. The van der Waals surface area contributed by atoms with Crippen LogP contribution < -0.4 is 10.6 Å². The van der Waals surface area contributed by atoms with Crippen molar-refractivity contribution < 1.29 is 14.0 Å². The molecule has 26 heavy (non-hydrogen) atoms. The molecule has 1 aliphatic carbocycles. The fraction of sp³-hybridized carbons (Fsp3) is 0.714. The fourth-order valence-corrected chi connectivity index (χ4v) is 3.71. The molecular formula is C21H34N2O3. The van der Waals surface area contributed by atoms with E-state index in [2.05, 4.69) is 24.5 Å². The van der Waals surface area contributed by atoms with Crippen molar-refractivity contribution in [2.75, 3.05) is 0 Å². The molecule has 0 saturated heterocycles. The summed E-state index contributed by atoms with van der Waals surface area (Å²) >= 11 is 0. The molecule has 0 saturated carbocycles. The van der Waals surface area contributed by atoms with Gasteiger partial charge in [-0.2, -0.15) is 0 Å². The summed E-state index contributed by atoms with van der Waals surface area (Å²) in [6.45, 7) is 14.2. The molecule has 5 nitrogen and oxygen atoms in total. The summed E-state index contributed by atoms with van der Waals surface area (Å²) in [4.78, 5) is 25.1. The number of amides is 2. The van der Waals surface area contributed by atoms with Crippen molar-refractivity contribution in [3.05, 3.63) is 23.2 Å². The normalized spacial score (nSPS) is 20.0. The lowest BCUT2D eigenvalue weighted by Crippen LogP contribution is -2.51. The maximum Gasteiger partial charge on any atom is 0.243 e. The zero-order valence-electron chi connectivity index (χ0n) is 17.2. The first-order valence-electron chi connectivity index (χ1n) is 9.67. The van der Waals surface area contributed by atoms with Crippen molar-refractivity contribution in [2.24, 2.45) is 17.3 Å². The van der Waals surface area contributed by atoms with Gasteiger partial charge in [-0.15, -0.1) is 0 Å². The molecule has 0 radical (unpaired) electrons. The average molecular weight is 363 g/mol. The van der Waals surface area contributed by atoms with Gasteiger partial charge in [0, 0.05) is 18.4 Å². The molecule has 1 aromatic rings. The highest BCUT2D eigenvalue weighted by Crippen LogP contribution is 2.42. The summed E-state index contributed by atoms with van der Waals surface area (Å²) in [5, 5.41) is 6.08. The zero-order chi connectivity index (χ0) is 19.6. The van der Waals surface area contributed by atoms with Gasteiger partial charge in [-0.1, -0.05) is 41.5 Å². The van der Waals surface area contributed by atoms with Gasteiger partial charge >= 0.3 is 0 Å². The number of hydrogen-bond acceptors (Lipinski definition) is 3. The molecule has 0 fully saturated rings. The van der Waals surface area contributed by atoms with Gasteiger partial charge in [0.05, 0.1) is 6.04 Å². The quantitative estimate of drug-likeness (QED) is 0.806. The van der Waals surface area contributed by atoms with Crippen LogP contribution in [-0.4, -0.2) is 17.9 Å². The Hall–Kier alpha value is -1.78. The number of carbonyl (C=O) groups is 2. The molecule has 2 rings (SSSR count). The monoisotopic (exact) mass is 362 g/mol. The third-order valence-electron chi connectivity index (χ3n) is 4.91. The van der Waals surface area contributed by atoms with Gasteiger partial charge < -0.3 is 15.1 Å². The Morgan fingerprint density at radius 3 is 2.50 bits per heavy atom. The highest BCUT2D eigenvalue weighted by Gasteiger charge is 2.37. The van der Waals surface area contributed by atoms with Crippen molar-refractivity contribution in [2.45, 2.75) is 79.8 Å². The summed E-state index contributed by atoms with van der Waals surface area (Å²) in [5.74, 6) is 1.93. The van der Waals surface area contributed by atoms with E-state index in [0.717, 1.165) is 29.9 Å². The minimum absolute atomic E-state index is 0.0215. The van der Waals surface area contributed by atoms with Gasteiger partial charge in [-0.05, 0) is 36.7 Å². The molecule has 2 amide bonds. The lowest BCUT2D eigenvalue weighted by atomic mass is 9.74. The molecule has 0 spiro atoms. The SMILES string of the molecule is Cc1cc2c(o1)CC(C)(C)CC2NC(=O)C(NC(=O)CC(C)C)C(C)C. The minimum Gasteiger partial charge on any atom is -0.466 e. The van der Waals surface area contributed by atoms with Gasteiger partial charge in [0.15, 0.2) is 0 Å². The Bertz CT molecular complexity index is 658. The Morgan fingerprint density at radius 1 is 1.27 bits per heavy atom. The van der Waals surface area contributed by atoms with Gasteiger partial charge in [-0.25, -0.2) is 0 Å². The first-order chi connectivity index (χ1) is 12.0. The summed E-state index contributed by atoms with van der Waals surface area (Å²) in [6.07, 6.45) is 2.16. The molecule has 1 aliphatic rings. The van der Waals surface area contributed by atoms with Crippen LogP contribution in [0, 0.1) is 24.2 Å². The van der Waals surface area contributed by atoms with Crippen molar-refractivity contribution in [3.63, 3.8) is 0 Å². The summed E-state index contributed by atoms with van der Waals surface area (Å²) in [7, 11) is 0. The standard InChI is InChI=1S/C21H34N2O3/c1-12(2)8-18(24)23-19(13(3)4)20(25)22-16-10-21(6,7)11-17-15(16)9-14(5)26-17/h9,12-13,16,19H,8,10-11H2,1-7H3,(H,22,25)(H,23,24). The average Bonchev–Trinajstić information content (AvgIpc) is 2.82. The second-order valence-electron chi connectivity index (χ2n) is 9.23. The number of fused-ring (bicyclic) bond motifs is 1. The molecular weight excluding hydrogens is 328 g/mol. The number of aryl methyl sites for hydroxylation is 1.